The molecule has 1 N–H and O–H groups in total. The molecule has 1 unspecified atom stereocenters. The summed E-state index contributed by atoms with van der Waals surface area (Å²) in [5, 5.41) is 0. The highest BCUT2D eigenvalue weighted by Crippen LogP contribution is 2.22. The zero-order valence-electron chi connectivity index (χ0n) is 11.9. The van der Waals surface area contributed by atoms with Gasteiger partial charge in [0.05, 0.1) is 15.7 Å². The van der Waals surface area contributed by atoms with Crippen LogP contribution in [0.4, 0.5) is 0 Å². The SMILES string of the molecule is CCCC[C@@H](NS(=O)C(C)(C)C)c1ccccc1. The van der Waals surface area contributed by atoms with Crippen molar-refractivity contribution in [3.05, 3.63) is 35.9 Å². The minimum atomic E-state index is -1.02. The number of benzene rings is 1. The van der Waals surface area contributed by atoms with Gasteiger partial charge < -0.3 is 0 Å². The third-order valence-corrected chi connectivity index (χ3v) is 4.46. The Labute approximate surface area is 114 Å². The van der Waals surface area contributed by atoms with Gasteiger partial charge >= 0.3 is 0 Å². The fourth-order valence-electron chi connectivity index (χ4n) is 1.69. The van der Waals surface area contributed by atoms with E-state index in [1.807, 2.05) is 39.0 Å². The summed E-state index contributed by atoms with van der Waals surface area (Å²) in [6.07, 6.45) is 3.34. The van der Waals surface area contributed by atoms with Crippen LogP contribution in [0.2, 0.25) is 0 Å². The van der Waals surface area contributed by atoms with Gasteiger partial charge in [0.25, 0.3) is 0 Å². The molecule has 0 aliphatic heterocycles. The van der Waals surface area contributed by atoms with E-state index in [2.05, 4.69) is 23.8 Å². The van der Waals surface area contributed by atoms with Crippen molar-refractivity contribution in [3.63, 3.8) is 0 Å². The second kappa shape index (κ2) is 7.05. The molecule has 0 aliphatic rings. The van der Waals surface area contributed by atoms with Crippen molar-refractivity contribution in [1.29, 1.82) is 0 Å². The molecule has 0 aliphatic carbocycles. The van der Waals surface area contributed by atoms with Gasteiger partial charge in [0.2, 0.25) is 0 Å². The Morgan fingerprint density at radius 2 is 1.83 bits per heavy atom. The fourth-order valence-corrected chi connectivity index (χ4v) is 2.56. The van der Waals surface area contributed by atoms with E-state index in [0.717, 1.165) is 19.3 Å². The van der Waals surface area contributed by atoms with E-state index < -0.39 is 11.0 Å². The maximum atomic E-state index is 12.2. The van der Waals surface area contributed by atoms with E-state index in [4.69, 9.17) is 0 Å². The summed E-state index contributed by atoms with van der Waals surface area (Å²) < 4.78 is 15.3. The van der Waals surface area contributed by atoms with Gasteiger partial charge in [-0.1, -0.05) is 50.1 Å². The quantitative estimate of drug-likeness (QED) is 0.830. The summed E-state index contributed by atoms with van der Waals surface area (Å²) in [7, 11) is -1.02. The minimum Gasteiger partial charge on any atom is -0.242 e. The Balaban J connectivity index is 2.77. The predicted octanol–water partition coefficient (Wildman–Crippen LogP) is 3.97. The Kier molecular flexibility index (Phi) is 6.03. The Hall–Kier alpha value is -0.670. The predicted molar refractivity (Wildman–Crippen MR) is 79.7 cm³/mol. The molecular formula is C15H25NOS. The van der Waals surface area contributed by atoms with Crippen molar-refractivity contribution in [1.82, 2.24) is 4.72 Å². The van der Waals surface area contributed by atoms with Gasteiger partial charge in [-0.05, 0) is 32.8 Å². The van der Waals surface area contributed by atoms with E-state index >= 15 is 0 Å². The van der Waals surface area contributed by atoms with Crippen LogP contribution in [0.15, 0.2) is 30.3 Å². The van der Waals surface area contributed by atoms with Crippen molar-refractivity contribution in [3.8, 4) is 0 Å². The second-order valence-corrected chi connectivity index (χ2v) is 7.60. The molecule has 3 heteroatoms. The molecule has 0 heterocycles. The maximum absolute atomic E-state index is 12.2. The highest BCUT2D eigenvalue weighted by atomic mass is 32.2. The van der Waals surface area contributed by atoms with Gasteiger partial charge in [-0.2, -0.15) is 0 Å². The van der Waals surface area contributed by atoms with Crippen LogP contribution in [0.1, 0.15) is 58.6 Å². The maximum Gasteiger partial charge on any atom is 0.0975 e. The molecule has 1 aromatic rings. The van der Waals surface area contributed by atoms with Crippen LogP contribution in [0.3, 0.4) is 0 Å². The standard InChI is InChI=1S/C15H25NOS/c1-5-6-12-14(13-10-8-7-9-11-13)16-18(17)15(2,3)4/h7-11,14,16H,5-6,12H2,1-4H3/t14-,18?/m1/s1. The summed E-state index contributed by atoms with van der Waals surface area (Å²) in [5.41, 5.74) is 1.23. The lowest BCUT2D eigenvalue weighted by Gasteiger charge is -2.24. The first-order valence-electron chi connectivity index (χ1n) is 6.68. The average molecular weight is 267 g/mol. The van der Waals surface area contributed by atoms with Crippen molar-refractivity contribution in [2.75, 3.05) is 0 Å². The number of nitrogens with one attached hydrogen (secondary N) is 1. The monoisotopic (exact) mass is 267 g/mol. The molecule has 102 valence electrons. The molecule has 0 saturated heterocycles. The molecule has 0 saturated carbocycles. The lowest BCUT2D eigenvalue weighted by atomic mass is 10.0. The molecule has 0 spiro atoms. The van der Waals surface area contributed by atoms with Crippen LogP contribution in [-0.4, -0.2) is 8.96 Å². The van der Waals surface area contributed by atoms with Crippen LogP contribution in [-0.2, 0) is 11.0 Å². The van der Waals surface area contributed by atoms with E-state index in [1.54, 1.807) is 0 Å². The Morgan fingerprint density at radius 3 is 2.33 bits per heavy atom. The fraction of sp³-hybridized carbons (Fsp3) is 0.600. The molecule has 1 rings (SSSR count). The molecule has 0 fully saturated rings. The first-order valence-corrected chi connectivity index (χ1v) is 7.83. The lowest BCUT2D eigenvalue weighted by molar-refractivity contribution is 0.548. The van der Waals surface area contributed by atoms with Crippen molar-refractivity contribution < 1.29 is 4.21 Å². The van der Waals surface area contributed by atoms with Gasteiger partial charge in [-0.25, -0.2) is 8.93 Å². The van der Waals surface area contributed by atoms with Crippen LogP contribution in [0.5, 0.6) is 0 Å². The summed E-state index contributed by atoms with van der Waals surface area (Å²) in [5.74, 6) is 0. The molecular weight excluding hydrogens is 242 g/mol. The summed E-state index contributed by atoms with van der Waals surface area (Å²) in [4.78, 5) is 0. The minimum absolute atomic E-state index is 0.186. The largest absolute Gasteiger partial charge is 0.242 e. The molecule has 18 heavy (non-hydrogen) atoms. The normalized spacial score (nSPS) is 15.3. The van der Waals surface area contributed by atoms with Gasteiger partial charge in [0.1, 0.15) is 0 Å². The van der Waals surface area contributed by atoms with Crippen LogP contribution in [0.25, 0.3) is 0 Å². The Bertz CT molecular complexity index is 370. The molecule has 0 bridgehead atoms. The van der Waals surface area contributed by atoms with Crippen LogP contribution in [0, 0.1) is 0 Å². The van der Waals surface area contributed by atoms with E-state index in [0.29, 0.717) is 0 Å². The van der Waals surface area contributed by atoms with Gasteiger partial charge in [-0.15, -0.1) is 0 Å². The second-order valence-electron chi connectivity index (χ2n) is 5.60. The molecule has 1 aromatic carbocycles. The van der Waals surface area contributed by atoms with E-state index in [1.165, 1.54) is 5.56 Å². The number of rotatable bonds is 6. The van der Waals surface area contributed by atoms with E-state index in [-0.39, 0.29) is 10.8 Å². The lowest BCUT2D eigenvalue weighted by Crippen LogP contribution is -2.35. The first-order chi connectivity index (χ1) is 8.45. The van der Waals surface area contributed by atoms with Crippen LogP contribution < -0.4 is 4.72 Å². The summed E-state index contributed by atoms with van der Waals surface area (Å²) in [6, 6.07) is 10.5. The number of hydrogen-bond donors (Lipinski definition) is 1. The molecule has 0 radical (unpaired) electrons. The molecule has 0 aromatic heterocycles. The zero-order chi connectivity index (χ0) is 13.6. The highest BCUT2D eigenvalue weighted by molar-refractivity contribution is 7.84. The Morgan fingerprint density at radius 1 is 1.22 bits per heavy atom. The average Bonchev–Trinajstić information content (AvgIpc) is 2.34. The highest BCUT2D eigenvalue weighted by Gasteiger charge is 2.23. The zero-order valence-corrected chi connectivity index (χ0v) is 12.7. The van der Waals surface area contributed by atoms with Crippen molar-refractivity contribution in [2.45, 2.75) is 57.7 Å². The third-order valence-electron chi connectivity index (χ3n) is 2.85. The number of unbranched alkanes of at least 4 members (excludes halogenated alkanes) is 1. The smallest absolute Gasteiger partial charge is 0.0975 e. The van der Waals surface area contributed by atoms with Crippen molar-refractivity contribution in [2.24, 2.45) is 0 Å². The molecule has 0 amide bonds. The topological polar surface area (TPSA) is 29.1 Å². The molecule has 2 nitrogen and oxygen atoms in total. The van der Waals surface area contributed by atoms with Crippen molar-refractivity contribution >= 4 is 11.0 Å². The van der Waals surface area contributed by atoms with E-state index in [9.17, 15) is 4.21 Å². The number of hydrogen-bond acceptors (Lipinski definition) is 1. The molecule has 2 atom stereocenters. The van der Waals surface area contributed by atoms with Gasteiger partial charge in [0, 0.05) is 6.04 Å². The summed E-state index contributed by atoms with van der Waals surface area (Å²) in [6.45, 7) is 8.18. The third kappa shape index (κ3) is 4.91. The van der Waals surface area contributed by atoms with Gasteiger partial charge in [0.15, 0.2) is 0 Å². The summed E-state index contributed by atoms with van der Waals surface area (Å²) >= 11 is 0. The first kappa shape index (κ1) is 15.4. The van der Waals surface area contributed by atoms with Crippen LogP contribution >= 0.6 is 0 Å². The van der Waals surface area contributed by atoms with Gasteiger partial charge in [-0.3, -0.25) is 0 Å².